The Hall–Kier alpha value is -4.53. The van der Waals surface area contributed by atoms with Gasteiger partial charge in [-0.05, 0) is 55.7 Å². The summed E-state index contributed by atoms with van der Waals surface area (Å²) in [5.74, 6) is 1.61. The van der Waals surface area contributed by atoms with E-state index in [0.717, 1.165) is 34.4 Å². The molecular formula is C29H28N4O5. The molecule has 0 aliphatic carbocycles. The molecule has 9 nitrogen and oxygen atoms in total. The highest BCUT2D eigenvalue weighted by atomic mass is 16.7. The number of likely N-dealkylation sites (tertiary alicyclic amines) is 1. The van der Waals surface area contributed by atoms with Crippen molar-refractivity contribution in [2.45, 2.75) is 32.3 Å². The van der Waals surface area contributed by atoms with Gasteiger partial charge < -0.3 is 24.3 Å². The van der Waals surface area contributed by atoms with Gasteiger partial charge in [0.2, 0.25) is 6.79 Å². The molecule has 4 heterocycles. The summed E-state index contributed by atoms with van der Waals surface area (Å²) in [6.07, 6.45) is 1.18. The Labute approximate surface area is 220 Å². The maximum atomic E-state index is 12.9. The quantitative estimate of drug-likeness (QED) is 0.357. The Morgan fingerprint density at radius 2 is 1.89 bits per heavy atom. The maximum absolute atomic E-state index is 12.9. The number of rotatable bonds is 5. The Morgan fingerprint density at radius 1 is 1.05 bits per heavy atom. The van der Waals surface area contributed by atoms with Crippen LogP contribution in [0, 0.1) is 6.92 Å². The summed E-state index contributed by atoms with van der Waals surface area (Å²) in [5.41, 5.74) is 4.22. The second-order valence-corrected chi connectivity index (χ2v) is 9.54. The van der Waals surface area contributed by atoms with Gasteiger partial charge in [-0.2, -0.15) is 4.73 Å². The lowest BCUT2D eigenvalue weighted by atomic mass is 9.97. The molecular weight excluding hydrogens is 484 g/mol. The molecule has 194 valence electrons. The average molecular weight is 513 g/mol. The van der Waals surface area contributed by atoms with E-state index in [1.807, 2.05) is 73.7 Å². The van der Waals surface area contributed by atoms with Crippen LogP contribution < -0.4 is 9.47 Å². The Balaban J connectivity index is 1.31. The predicted molar refractivity (Wildman–Crippen MR) is 139 cm³/mol. The maximum Gasteiger partial charge on any atom is 0.410 e. The van der Waals surface area contributed by atoms with Gasteiger partial charge in [0, 0.05) is 30.3 Å². The highest BCUT2D eigenvalue weighted by Gasteiger charge is 2.32. The van der Waals surface area contributed by atoms with Crippen LogP contribution in [-0.4, -0.2) is 50.8 Å². The zero-order valence-corrected chi connectivity index (χ0v) is 21.0. The Bertz CT molecular complexity index is 1470. The van der Waals surface area contributed by atoms with E-state index in [0.29, 0.717) is 47.5 Å². The second-order valence-electron chi connectivity index (χ2n) is 9.54. The molecule has 9 heteroatoms. The van der Waals surface area contributed by atoms with Crippen LogP contribution in [0.3, 0.4) is 0 Å². The fourth-order valence-corrected chi connectivity index (χ4v) is 5.01. The van der Waals surface area contributed by atoms with Gasteiger partial charge in [0.05, 0.1) is 5.69 Å². The van der Waals surface area contributed by atoms with Gasteiger partial charge in [-0.25, -0.2) is 9.78 Å². The smallest absolute Gasteiger partial charge is 0.410 e. The fourth-order valence-electron chi connectivity index (χ4n) is 5.01. The van der Waals surface area contributed by atoms with Crippen LogP contribution in [0.25, 0.3) is 22.6 Å². The molecule has 0 spiro atoms. The number of hydrogen-bond acceptors (Lipinski definition) is 7. The summed E-state index contributed by atoms with van der Waals surface area (Å²) in [7, 11) is 0. The number of ether oxygens (including phenoxy) is 3. The van der Waals surface area contributed by atoms with Crippen molar-refractivity contribution >= 4 is 6.09 Å². The van der Waals surface area contributed by atoms with Crippen LogP contribution in [0.5, 0.6) is 11.5 Å². The largest absolute Gasteiger partial charge is 0.454 e. The van der Waals surface area contributed by atoms with Crippen molar-refractivity contribution in [3.8, 4) is 34.1 Å². The third kappa shape index (κ3) is 4.63. The van der Waals surface area contributed by atoms with E-state index in [1.165, 1.54) is 0 Å². The number of pyridine rings is 1. The molecule has 0 bridgehead atoms. The summed E-state index contributed by atoms with van der Waals surface area (Å²) in [4.78, 5) is 24.1. The number of benzene rings is 2. The number of carbonyl (C=O) groups is 1. The minimum absolute atomic E-state index is 0.170. The average Bonchev–Trinajstić information content (AvgIpc) is 3.56. The van der Waals surface area contributed by atoms with Gasteiger partial charge >= 0.3 is 6.09 Å². The molecule has 0 saturated carbocycles. The van der Waals surface area contributed by atoms with E-state index in [1.54, 1.807) is 4.90 Å². The molecule has 4 aromatic rings. The van der Waals surface area contributed by atoms with E-state index < -0.39 is 0 Å². The first-order valence-electron chi connectivity index (χ1n) is 12.7. The van der Waals surface area contributed by atoms with Crippen molar-refractivity contribution < 1.29 is 24.2 Å². The first-order valence-corrected chi connectivity index (χ1v) is 12.7. The van der Waals surface area contributed by atoms with Crippen LogP contribution >= 0.6 is 0 Å². The molecule has 6 rings (SSSR count). The molecule has 1 fully saturated rings. The van der Waals surface area contributed by atoms with Gasteiger partial charge in [0.25, 0.3) is 0 Å². The summed E-state index contributed by atoms with van der Waals surface area (Å²) in [6, 6.07) is 20.9. The third-order valence-electron chi connectivity index (χ3n) is 6.91. The topological polar surface area (TPSA) is 98.9 Å². The van der Waals surface area contributed by atoms with E-state index >= 15 is 0 Å². The van der Waals surface area contributed by atoms with Crippen molar-refractivity contribution in [1.29, 1.82) is 0 Å². The molecule has 1 saturated heterocycles. The number of piperidine rings is 1. The highest BCUT2D eigenvalue weighted by molar-refractivity contribution is 5.79. The number of hydrogen-bond donors (Lipinski definition) is 1. The molecule has 1 N–H and O–H groups in total. The monoisotopic (exact) mass is 512 g/mol. The van der Waals surface area contributed by atoms with Crippen LogP contribution in [0.2, 0.25) is 0 Å². The lowest BCUT2D eigenvalue weighted by Crippen LogP contribution is -2.40. The van der Waals surface area contributed by atoms with Crippen molar-refractivity contribution in [1.82, 2.24) is 19.6 Å². The van der Waals surface area contributed by atoms with Gasteiger partial charge in [0.15, 0.2) is 17.3 Å². The van der Waals surface area contributed by atoms with Crippen molar-refractivity contribution in [2.75, 3.05) is 19.9 Å². The molecule has 1 amide bonds. The van der Waals surface area contributed by atoms with Crippen LogP contribution in [0.4, 0.5) is 4.79 Å². The first-order chi connectivity index (χ1) is 18.6. The molecule has 38 heavy (non-hydrogen) atoms. The molecule has 0 radical (unpaired) electrons. The molecule has 1 unspecified atom stereocenters. The van der Waals surface area contributed by atoms with Crippen LogP contribution in [-0.2, 0) is 11.3 Å². The number of aromatic nitrogens is 3. The summed E-state index contributed by atoms with van der Waals surface area (Å²) in [6.45, 7) is 3.28. The summed E-state index contributed by atoms with van der Waals surface area (Å²) < 4.78 is 17.7. The molecule has 2 aliphatic rings. The SMILES string of the molecule is Cc1cccc(-c2c(-c3ccc4c(c3)OCO4)nc(C3CCCN(C(=O)OCc4ccccc4)C3)n2O)n1. The zero-order chi connectivity index (χ0) is 26.1. The first kappa shape index (κ1) is 23.8. The van der Waals surface area contributed by atoms with E-state index in [-0.39, 0.29) is 25.4 Å². The van der Waals surface area contributed by atoms with Crippen LogP contribution in [0.15, 0.2) is 66.7 Å². The van der Waals surface area contributed by atoms with Gasteiger partial charge in [-0.15, -0.1) is 0 Å². The third-order valence-corrected chi connectivity index (χ3v) is 6.91. The molecule has 2 aliphatic heterocycles. The van der Waals surface area contributed by atoms with Gasteiger partial charge in [0.1, 0.15) is 18.0 Å². The number of amides is 1. The van der Waals surface area contributed by atoms with E-state index in [9.17, 15) is 10.0 Å². The molecule has 1 atom stereocenters. The van der Waals surface area contributed by atoms with Gasteiger partial charge in [-0.1, -0.05) is 36.4 Å². The minimum Gasteiger partial charge on any atom is -0.454 e. The lowest BCUT2D eigenvalue weighted by molar-refractivity contribution is 0.0823. The number of carbonyl (C=O) groups excluding carboxylic acids is 1. The summed E-state index contributed by atoms with van der Waals surface area (Å²) >= 11 is 0. The number of fused-ring (bicyclic) bond motifs is 1. The Kier molecular flexibility index (Phi) is 6.33. The van der Waals surface area contributed by atoms with Crippen molar-refractivity contribution in [3.63, 3.8) is 0 Å². The van der Waals surface area contributed by atoms with E-state index in [4.69, 9.17) is 19.2 Å². The Morgan fingerprint density at radius 3 is 2.74 bits per heavy atom. The zero-order valence-electron chi connectivity index (χ0n) is 21.0. The highest BCUT2D eigenvalue weighted by Crippen LogP contribution is 2.40. The van der Waals surface area contributed by atoms with Crippen molar-refractivity contribution in [2.24, 2.45) is 0 Å². The number of nitrogens with zero attached hydrogens (tertiary/aromatic N) is 4. The lowest BCUT2D eigenvalue weighted by Gasteiger charge is -2.31. The minimum atomic E-state index is -0.369. The predicted octanol–water partition coefficient (Wildman–Crippen LogP) is 5.40. The fraction of sp³-hybridized carbons (Fsp3) is 0.276. The summed E-state index contributed by atoms with van der Waals surface area (Å²) in [5, 5.41) is 11.5. The number of imidazole rings is 1. The van der Waals surface area contributed by atoms with Crippen LogP contribution in [0.1, 0.15) is 35.8 Å². The van der Waals surface area contributed by atoms with E-state index in [2.05, 4.69) is 4.98 Å². The normalized spacial score (nSPS) is 16.4. The molecule has 2 aromatic carbocycles. The standard InChI is InChI=1S/C29H28N4O5/c1-19-7-5-11-23(30-19)27-26(21-12-13-24-25(15-21)38-18-37-24)31-28(33(27)35)22-10-6-14-32(16-22)29(34)36-17-20-8-3-2-4-9-20/h2-5,7-9,11-13,15,22,35H,6,10,14,16-18H2,1H3. The number of aryl methyl sites for hydroxylation is 1. The second kappa shape index (κ2) is 10.1. The van der Waals surface area contributed by atoms with Gasteiger partial charge in [-0.3, -0.25) is 4.98 Å². The van der Waals surface area contributed by atoms with Crippen molar-refractivity contribution in [3.05, 3.63) is 83.8 Å². The molecule has 2 aromatic heterocycles.